The molecule has 4 rings (SSSR count). The number of fused-ring (bicyclic) bond motifs is 1. The zero-order chi connectivity index (χ0) is 23.2. The van der Waals surface area contributed by atoms with Crippen molar-refractivity contribution in [1.82, 2.24) is 14.9 Å². The molecule has 0 aliphatic rings. The van der Waals surface area contributed by atoms with Gasteiger partial charge in [-0.3, -0.25) is 4.79 Å². The Balaban J connectivity index is 1.46. The highest BCUT2D eigenvalue weighted by atomic mass is 35.5. The number of aryl methyl sites for hydroxylation is 2. The van der Waals surface area contributed by atoms with E-state index in [0.29, 0.717) is 17.2 Å². The Hall–Kier alpha value is -3.31. The van der Waals surface area contributed by atoms with Crippen LogP contribution in [0, 0.1) is 0 Å². The lowest BCUT2D eigenvalue weighted by Gasteiger charge is -2.17. The van der Waals surface area contributed by atoms with Gasteiger partial charge in [-0.1, -0.05) is 48.9 Å². The summed E-state index contributed by atoms with van der Waals surface area (Å²) in [6.45, 7) is 5.42. The van der Waals surface area contributed by atoms with Crippen molar-refractivity contribution >= 4 is 28.5 Å². The summed E-state index contributed by atoms with van der Waals surface area (Å²) < 4.78 is 8.10. The summed E-state index contributed by atoms with van der Waals surface area (Å²) in [4.78, 5) is 17.6. The molecule has 170 valence electrons. The van der Waals surface area contributed by atoms with Gasteiger partial charge in [0.15, 0.2) is 0 Å². The third kappa shape index (κ3) is 5.55. The lowest BCUT2D eigenvalue weighted by molar-refractivity contribution is 0.0937. The minimum absolute atomic E-state index is 0.178. The smallest absolute Gasteiger partial charge is 0.251 e. The maximum atomic E-state index is 12.7. The van der Waals surface area contributed by atoms with Crippen LogP contribution >= 0.6 is 11.6 Å². The molecule has 1 aromatic heterocycles. The number of hydrogen-bond acceptors (Lipinski definition) is 3. The molecule has 0 aliphatic carbocycles. The van der Waals surface area contributed by atoms with Gasteiger partial charge in [0.25, 0.3) is 5.91 Å². The average Bonchev–Trinajstić information content (AvgIpc) is 3.21. The molecule has 5 nitrogen and oxygen atoms in total. The van der Waals surface area contributed by atoms with E-state index in [1.807, 2.05) is 37.3 Å². The van der Waals surface area contributed by atoms with Crippen LogP contribution in [0.25, 0.3) is 11.0 Å². The van der Waals surface area contributed by atoms with E-state index in [1.54, 1.807) is 24.3 Å². The SMILES string of the molecule is CCc1ccc(OCCCn2c(C(C)NC(=O)c3cccc(Cl)c3)nc3ccccc32)cc1. The van der Waals surface area contributed by atoms with Crippen LogP contribution in [0.5, 0.6) is 5.75 Å². The van der Waals surface area contributed by atoms with Crippen molar-refractivity contribution in [3.05, 3.63) is 94.8 Å². The molecule has 1 amide bonds. The van der Waals surface area contributed by atoms with Crippen molar-refractivity contribution in [3.8, 4) is 5.75 Å². The van der Waals surface area contributed by atoms with Crippen LogP contribution in [0.1, 0.15) is 48.1 Å². The number of benzene rings is 3. The van der Waals surface area contributed by atoms with E-state index in [-0.39, 0.29) is 11.9 Å². The van der Waals surface area contributed by atoms with Crippen LogP contribution < -0.4 is 10.1 Å². The fourth-order valence-corrected chi connectivity index (χ4v) is 4.06. The Morgan fingerprint density at radius 2 is 1.88 bits per heavy atom. The molecule has 0 saturated heterocycles. The molecule has 0 saturated carbocycles. The third-order valence-corrected chi connectivity index (χ3v) is 5.87. The van der Waals surface area contributed by atoms with Gasteiger partial charge in [0.2, 0.25) is 0 Å². The first-order chi connectivity index (χ1) is 16.0. The number of rotatable bonds is 9. The lowest BCUT2D eigenvalue weighted by Crippen LogP contribution is -2.28. The Morgan fingerprint density at radius 1 is 1.09 bits per heavy atom. The van der Waals surface area contributed by atoms with Gasteiger partial charge in [0.05, 0.1) is 23.7 Å². The molecular formula is C27H28ClN3O2. The Morgan fingerprint density at radius 3 is 2.64 bits per heavy atom. The number of amides is 1. The van der Waals surface area contributed by atoms with Gasteiger partial charge in [0.1, 0.15) is 11.6 Å². The standard InChI is InChI=1S/C27H28ClN3O2/c1-3-20-12-14-23(15-13-20)33-17-7-16-31-25-11-5-4-10-24(25)30-26(31)19(2)29-27(32)21-8-6-9-22(28)18-21/h4-6,8-15,18-19H,3,7,16-17H2,1-2H3,(H,29,32). The third-order valence-electron chi connectivity index (χ3n) is 5.63. The quantitative estimate of drug-likeness (QED) is 0.301. The zero-order valence-electron chi connectivity index (χ0n) is 18.9. The van der Waals surface area contributed by atoms with E-state index in [0.717, 1.165) is 42.0 Å². The van der Waals surface area contributed by atoms with Gasteiger partial charge in [0, 0.05) is 17.1 Å². The molecule has 6 heteroatoms. The predicted molar refractivity (Wildman–Crippen MR) is 133 cm³/mol. The predicted octanol–water partition coefficient (Wildman–Crippen LogP) is 6.21. The first-order valence-electron chi connectivity index (χ1n) is 11.3. The first kappa shape index (κ1) is 22.9. The summed E-state index contributed by atoms with van der Waals surface area (Å²) in [5, 5.41) is 3.59. The largest absolute Gasteiger partial charge is 0.494 e. The second-order valence-corrected chi connectivity index (χ2v) is 8.45. The molecule has 4 aromatic rings. The highest BCUT2D eigenvalue weighted by Gasteiger charge is 2.19. The maximum absolute atomic E-state index is 12.7. The van der Waals surface area contributed by atoms with Crippen molar-refractivity contribution in [2.24, 2.45) is 0 Å². The van der Waals surface area contributed by atoms with Gasteiger partial charge in [-0.15, -0.1) is 0 Å². The fourth-order valence-electron chi connectivity index (χ4n) is 3.87. The summed E-state index contributed by atoms with van der Waals surface area (Å²) in [7, 11) is 0. The number of para-hydroxylation sites is 2. The Kier molecular flexibility index (Phi) is 7.30. The lowest BCUT2D eigenvalue weighted by atomic mass is 10.2. The minimum Gasteiger partial charge on any atom is -0.494 e. The number of carbonyl (C=O) groups is 1. The van der Waals surface area contributed by atoms with E-state index < -0.39 is 0 Å². The summed E-state index contributed by atoms with van der Waals surface area (Å²) in [6, 6.07) is 22.9. The molecule has 1 unspecified atom stereocenters. The van der Waals surface area contributed by atoms with Crippen LogP contribution in [0.2, 0.25) is 5.02 Å². The molecule has 1 heterocycles. The number of nitrogens with zero attached hydrogens (tertiary/aromatic N) is 2. The Bertz CT molecular complexity index is 1230. The van der Waals surface area contributed by atoms with Gasteiger partial charge in [-0.05, 0) is 67.8 Å². The second kappa shape index (κ2) is 10.5. The maximum Gasteiger partial charge on any atom is 0.251 e. The van der Waals surface area contributed by atoms with E-state index in [9.17, 15) is 4.79 Å². The van der Waals surface area contributed by atoms with Crippen LogP contribution in [0.15, 0.2) is 72.8 Å². The van der Waals surface area contributed by atoms with Gasteiger partial charge >= 0.3 is 0 Å². The van der Waals surface area contributed by atoms with E-state index >= 15 is 0 Å². The molecule has 0 aliphatic heterocycles. The van der Waals surface area contributed by atoms with Crippen LogP contribution in [-0.2, 0) is 13.0 Å². The molecule has 1 atom stereocenters. The van der Waals surface area contributed by atoms with Gasteiger partial charge in [-0.25, -0.2) is 4.98 Å². The van der Waals surface area contributed by atoms with Crippen LogP contribution in [-0.4, -0.2) is 22.1 Å². The van der Waals surface area contributed by atoms with Crippen molar-refractivity contribution in [2.45, 2.75) is 39.3 Å². The first-order valence-corrected chi connectivity index (χ1v) is 11.7. The highest BCUT2D eigenvalue weighted by molar-refractivity contribution is 6.30. The number of hydrogen-bond donors (Lipinski definition) is 1. The van der Waals surface area contributed by atoms with Crippen molar-refractivity contribution < 1.29 is 9.53 Å². The minimum atomic E-state index is -0.272. The Labute approximate surface area is 199 Å². The van der Waals surface area contributed by atoms with Crippen LogP contribution in [0.3, 0.4) is 0 Å². The number of ether oxygens (including phenoxy) is 1. The zero-order valence-corrected chi connectivity index (χ0v) is 19.7. The van der Waals surface area contributed by atoms with E-state index in [4.69, 9.17) is 21.3 Å². The molecule has 1 N–H and O–H groups in total. The molecule has 0 radical (unpaired) electrons. The number of nitrogens with one attached hydrogen (secondary N) is 1. The van der Waals surface area contributed by atoms with Crippen molar-refractivity contribution in [1.29, 1.82) is 0 Å². The summed E-state index contributed by atoms with van der Waals surface area (Å²) in [6.07, 6.45) is 1.83. The van der Waals surface area contributed by atoms with Crippen molar-refractivity contribution in [2.75, 3.05) is 6.61 Å². The summed E-state index contributed by atoms with van der Waals surface area (Å²) in [5.74, 6) is 1.52. The fraction of sp³-hybridized carbons (Fsp3) is 0.259. The number of imidazole rings is 1. The number of halogens is 1. The average molecular weight is 462 g/mol. The normalized spacial score (nSPS) is 12.0. The second-order valence-electron chi connectivity index (χ2n) is 8.02. The van der Waals surface area contributed by atoms with Gasteiger partial charge in [-0.2, -0.15) is 0 Å². The molecule has 3 aromatic carbocycles. The van der Waals surface area contributed by atoms with Crippen LogP contribution in [0.4, 0.5) is 0 Å². The highest BCUT2D eigenvalue weighted by Crippen LogP contribution is 2.22. The number of aromatic nitrogens is 2. The monoisotopic (exact) mass is 461 g/mol. The molecular weight excluding hydrogens is 434 g/mol. The topological polar surface area (TPSA) is 56.1 Å². The molecule has 0 fully saturated rings. The molecule has 0 spiro atoms. The summed E-state index contributed by atoms with van der Waals surface area (Å²) >= 11 is 6.04. The number of carbonyl (C=O) groups excluding carboxylic acids is 1. The molecule has 33 heavy (non-hydrogen) atoms. The van der Waals surface area contributed by atoms with E-state index in [2.05, 4.69) is 35.0 Å². The summed E-state index contributed by atoms with van der Waals surface area (Å²) in [5.41, 5.74) is 3.78. The molecule has 0 bridgehead atoms. The van der Waals surface area contributed by atoms with E-state index in [1.165, 1.54) is 5.56 Å². The van der Waals surface area contributed by atoms with Gasteiger partial charge < -0.3 is 14.6 Å². The van der Waals surface area contributed by atoms with Crippen molar-refractivity contribution in [3.63, 3.8) is 0 Å².